The van der Waals surface area contributed by atoms with Gasteiger partial charge in [-0.3, -0.25) is 4.79 Å². The number of anilines is 1. The molecule has 0 radical (unpaired) electrons. The van der Waals surface area contributed by atoms with Crippen LogP contribution in [0.25, 0.3) is 0 Å². The number of rotatable bonds is 5. The van der Waals surface area contributed by atoms with Crippen LogP contribution in [0.1, 0.15) is 0 Å². The molecule has 4 N–H and O–H groups in total. The minimum Gasteiger partial charge on any atom is -0.504 e. The number of methoxy groups -OCH3 is 2. The van der Waals surface area contributed by atoms with Crippen LogP contribution in [-0.2, 0) is 9.53 Å². The van der Waals surface area contributed by atoms with Gasteiger partial charge in [0, 0.05) is 25.4 Å². The molecule has 0 aliphatic heterocycles. The van der Waals surface area contributed by atoms with Gasteiger partial charge in [0.1, 0.15) is 6.10 Å². The monoisotopic (exact) mass is 240 g/mol. The molecule has 0 bridgehead atoms. The molecule has 1 aromatic rings. The first kappa shape index (κ1) is 13.3. The smallest absolute Gasteiger partial charge is 0.254 e. The van der Waals surface area contributed by atoms with Crippen LogP contribution in [0.3, 0.4) is 0 Å². The first-order valence-corrected chi connectivity index (χ1v) is 5.03. The summed E-state index contributed by atoms with van der Waals surface area (Å²) in [6, 6.07) is 4.55. The van der Waals surface area contributed by atoms with E-state index in [1.165, 1.54) is 20.3 Å². The third kappa shape index (κ3) is 3.33. The lowest BCUT2D eigenvalue weighted by molar-refractivity contribution is -0.125. The lowest BCUT2D eigenvalue weighted by Crippen LogP contribution is -2.35. The number of hydrogen-bond acceptors (Lipinski definition) is 5. The highest BCUT2D eigenvalue weighted by molar-refractivity contribution is 5.94. The molecule has 1 aromatic carbocycles. The van der Waals surface area contributed by atoms with Crippen molar-refractivity contribution < 1.29 is 19.4 Å². The van der Waals surface area contributed by atoms with Crippen LogP contribution in [0.5, 0.6) is 11.5 Å². The van der Waals surface area contributed by atoms with E-state index in [2.05, 4.69) is 5.32 Å². The van der Waals surface area contributed by atoms with Crippen LogP contribution in [0, 0.1) is 0 Å². The van der Waals surface area contributed by atoms with Crippen molar-refractivity contribution in [1.29, 1.82) is 0 Å². The van der Waals surface area contributed by atoms with Crippen LogP contribution < -0.4 is 15.8 Å². The average molecular weight is 240 g/mol. The van der Waals surface area contributed by atoms with Crippen molar-refractivity contribution in [3.63, 3.8) is 0 Å². The van der Waals surface area contributed by atoms with Crippen LogP contribution in [0.15, 0.2) is 18.2 Å². The Morgan fingerprint density at radius 2 is 2.24 bits per heavy atom. The van der Waals surface area contributed by atoms with Gasteiger partial charge in [0.2, 0.25) is 0 Å². The summed E-state index contributed by atoms with van der Waals surface area (Å²) < 4.78 is 9.77. The van der Waals surface area contributed by atoms with Crippen LogP contribution >= 0.6 is 0 Å². The number of aromatic hydroxyl groups is 1. The Labute approximate surface area is 99.3 Å². The summed E-state index contributed by atoms with van der Waals surface area (Å²) in [6.07, 6.45) is -0.709. The van der Waals surface area contributed by atoms with E-state index in [0.717, 1.165) is 0 Å². The molecule has 6 nitrogen and oxygen atoms in total. The number of carbonyl (C=O) groups is 1. The van der Waals surface area contributed by atoms with Gasteiger partial charge in [-0.2, -0.15) is 0 Å². The van der Waals surface area contributed by atoms with E-state index in [9.17, 15) is 9.90 Å². The highest BCUT2D eigenvalue weighted by atomic mass is 16.5. The summed E-state index contributed by atoms with van der Waals surface area (Å²) in [5, 5.41) is 12.1. The fourth-order valence-electron chi connectivity index (χ4n) is 1.30. The number of amides is 1. The summed E-state index contributed by atoms with van der Waals surface area (Å²) in [5.74, 6) is -0.0725. The summed E-state index contributed by atoms with van der Waals surface area (Å²) in [6.45, 7) is 0.0878. The second-order valence-electron chi connectivity index (χ2n) is 3.34. The number of benzene rings is 1. The van der Waals surface area contributed by atoms with Gasteiger partial charge in [-0.1, -0.05) is 0 Å². The second kappa shape index (κ2) is 6.07. The summed E-state index contributed by atoms with van der Waals surface area (Å²) in [5.41, 5.74) is 5.81. The van der Waals surface area contributed by atoms with E-state index >= 15 is 0 Å². The van der Waals surface area contributed by atoms with E-state index in [0.29, 0.717) is 11.4 Å². The second-order valence-corrected chi connectivity index (χ2v) is 3.34. The number of phenols is 1. The van der Waals surface area contributed by atoms with Gasteiger partial charge >= 0.3 is 0 Å². The first-order valence-electron chi connectivity index (χ1n) is 5.03. The van der Waals surface area contributed by atoms with Crippen molar-refractivity contribution in [2.24, 2.45) is 5.73 Å². The van der Waals surface area contributed by atoms with E-state index in [1.54, 1.807) is 12.1 Å². The zero-order chi connectivity index (χ0) is 12.8. The Hall–Kier alpha value is -1.79. The van der Waals surface area contributed by atoms with Gasteiger partial charge in [0.15, 0.2) is 11.5 Å². The molecule has 94 valence electrons. The maximum absolute atomic E-state index is 11.6. The van der Waals surface area contributed by atoms with Gasteiger partial charge < -0.3 is 25.6 Å². The molecule has 0 aromatic heterocycles. The van der Waals surface area contributed by atoms with E-state index in [1.807, 2.05) is 0 Å². The van der Waals surface area contributed by atoms with Crippen molar-refractivity contribution in [3.8, 4) is 11.5 Å². The fourth-order valence-corrected chi connectivity index (χ4v) is 1.30. The van der Waals surface area contributed by atoms with Gasteiger partial charge in [0.05, 0.1) is 7.11 Å². The topological polar surface area (TPSA) is 93.8 Å². The Bertz CT molecular complexity index is 391. The number of carbonyl (C=O) groups excluding carboxylic acids is 1. The Balaban J connectivity index is 2.75. The molecular weight excluding hydrogens is 224 g/mol. The van der Waals surface area contributed by atoms with Crippen molar-refractivity contribution in [3.05, 3.63) is 18.2 Å². The quantitative estimate of drug-likeness (QED) is 0.688. The molecule has 0 aliphatic rings. The summed E-state index contributed by atoms with van der Waals surface area (Å²) >= 11 is 0. The molecule has 0 fully saturated rings. The highest BCUT2D eigenvalue weighted by Gasteiger charge is 2.16. The lowest BCUT2D eigenvalue weighted by atomic mass is 10.2. The van der Waals surface area contributed by atoms with Gasteiger partial charge in [0.25, 0.3) is 5.91 Å². The molecule has 17 heavy (non-hydrogen) atoms. The van der Waals surface area contributed by atoms with E-state index in [4.69, 9.17) is 15.2 Å². The molecule has 1 amide bonds. The Kier molecular flexibility index (Phi) is 4.74. The van der Waals surface area contributed by atoms with Crippen LogP contribution in [-0.4, -0.2) is 37.9 Å². The molecule has 0 saturated heterocycles. The van der Waals surface area contributed by atoms with Gasteiger partial charge in [-0.05, 0) is 12.1 Å². The molecular formula is C11H16N2O4. The predicted molar refractivity (Wildman–Crippen MR) is 63.1 cm³/mol. The zero-order valence-corrected chi connectivity index (χ0v) is 9.77. The maximum Gasteiger partial charge on any atom is 0.254 e. The zero-order valence-electron chi connectivity index (χ0n) is 9.77. The molecule has 6 heteroatoms. The standard InChI is InChI=1S/C11H16N2O4/c1-16-9-4-3-7(5-8(9)14)13-11(15)10(6-12)17-2/h3-5,10,14H,6,12H2,1-2H3,(H,13,15). The van der Waals surface area contributed by atoms with Crippen molar-refractivity contribution in [2.45, 2.75) is 6.10 Å². The summed E-state index contributed by atoms with van der Waals surface area (Å²) in [4.78, 5) is 11.6. The first-order chi connectivity index (χ1) is 8.12. The number of nitrogens with one attached hydrogen (secondary N) is 1. The molecule has 1 unspecified atom stereocenters. The van der Waals surface area contributed by atoms with Gasteiger partial charge in [-0.15, -0.1) is 0 Å². The number of hydrogen-bond donors (Lipinski definition) is 3. The van der Waals surface area contributed by atoms with Crippen LogP contribution in [0.4, 0.5) is 5.69 Å². The van der Waals surface area contributed by atoms with Crippen LogP contribution in [0.2, 0.25) is 0 Å². The Morgan fingerprint density at radius 1 is 1.53 bits per heavy atom. The van der Waals surface area contributed by atoms with Crippen molar-refractivity contribution in [1.82, 2.24) is 0 Å². The molecule has 0 spiro atoms. The van der Waals surface area contributed by atoms with Crippen molar-refractivity contribution in [2.75, 3.05) is 26.1 Å². The molecule has 0 aliphatic carbocycles. The number of phenolic OH excluding ortho intramolecular Hbond substituents is 1. The highest BCUT2D eigenvalue weighted by Crippen LogP contribution is 2.28. The average Bonchev–Trinajstić information content (AvgIpc) is 2.31. The third-order valence-corrected chi connectivity index (χ3v) is 2.24. The summed E-state index contributed by atoms with van der Waals surface area (Å²) in [7, 11) is 2.85. The predicted octanol–water partition coefficient (Wildman–Crippen LogP) is 0.313. The third-order valence-electron chi connectivity index (χ3n) is 2.24. The minimum atomic E-state index is -0.709. The number of nitrogens with two attached hydrogens (primary N) is 1. The lowest BCUT2D eigenvalue weighted by Gasteiger charge is -2.13. The number of ether oxygens (including phenoxy) is 2. The molecule has 0 heterocycles. The minimum absolute atomic E-state index is 0.0491. The SMILES string of the molecule is COc1ccc(NC(=O)C(CN)OC)cc1O. The fraction of sp³-hybridized carbons (Fsp3) is 0.364. The Morgan fingerprint density at radius 3 is 2.71 bits per heavy atom. The van der Waals surface area contributed by atoms with E-state index < -0.39 is 6.10 Å². The van der Waals surface area contributed by atoms with Gasteiger partial charge in [-0.25, -0.2) is 0 Å². The molecule has 1 atom stereocenters. The van der Waals surface area contributed by atoms with E-state index in [-0.39, 0.29) is 18.2 Å². The normalized spacial score (nSPS) is 11.9. The van der Waals surface area contributed by atoms with Crippen molar-refractivity contribution >= 4 is 11.6 Å². The largest absolute Gasteiger partial charge is 0.504 e. The molecule has 0 saturated carbocycles. The molecule has 1 rings (SSSR count). The maximum atomic E-state index is 11.6.